The number of likely N-dealkylation sites (tertiary alicyclic amines) is 1. The van der Waals surface area contributed by atoms with E-state index >= 15 is 0 Å². The van der Waals surface area contributed by atoms with E-state index in [0.29, 0.717) is 18.4 Å². The maximum atomic E-state index is 13.5. The molecule has 0 aromatic carbocycles. The molecule has 4 heterocycles. The van der Waals surface area contributed by atoms with Crippen LogP contribution in [-0.2, 0) is 4.79 Å². The topological polar surface area (TPSA) is 65.0 Å². The van der Waals surface area contributed by atoms with Crippen LogP contribution in [0.5, 0.6) is 0 Å². The zero-order valence-electron chi connectivity index (χ0n) is 18.4. The molecule has 3 fully saturated rings. The SMILES string of the molecule is Cc1c(C)[n+]2c(n1C1CCCC1)N=C1C2C(=O)N(CCN2CCCCC2)C(=O)N1C. The molecule has 3 aliphatic heterocycles. The number of hydrogen-bond donors (Lipinski definition) is 0. The number of nitrogens with zero attached hydrogens (tertiary/aromatic N) is 6. The van der Waals surface area contributed by atoms with E-state index in [1.165, 1.54) is 42.7 Å². The van der Waals surface area contributed by atoms with Crippen molar-refractivity contribution in [3.05, 3.63) is 11.4 Å². The van der Waals surface area contributed by atoms with Crippen LogP contribution in [0.25, 0.3) is 0 Å². The van der Waals surface area contributed by atoms with Gasteiger partial charge in [0.05, 0.1) is 6.04 Å². The number of imide groups is 1. The molecular formula is C22H33N6O2+. The number of carbonyl (C=O) groups is 2. The summed E-state index contributed by atoms with van der Waals surface area (Å²) >= 11 is 0. The van der Waals surface area contributed by atoms with Crippen molar-refractivity contribution in [1.29, 1.82) is 0 Å². The van der Waals surface area contributed by atoms with Gasteiger partial charge in [0.2, 0.25) is 11.9 Å². The Balaban J connectivity index is 1.46. The average Bonchev–Trinajstić information content (AvgIpc) is 3.45. The summed E-state index contributed by atoms with van der Waals surface area (Å²) in [6, 6.07) is -0.333. The van der Waals surface area contributed by atoms with Crippen LogP contribution in [-0.4, -0.2) is 70.3 Å². The summed E-state index contributed by atoms with van der Waals surface area (Å²) in [7, 11) is 1.75. The number of piperidine rings is 1. The smallest absolute Gasteiger partial charge is 0.302 e. The van der Waals surface area contributed by atoms with Crippen molar-refractivity contribution in [2.75, 3.05) is 33.2 Å². The fourth-order valence-electron chi connectivity index (χ4n) is 5.69. The van der Waals surface area contributed by atoms with Crippen molar-refractivity contribution in [1.82, 2.24) is 19.3 Å². The summed E-state index contributed by atoms with van der Waals surface area (Å²) in [6.07, 6.45) is 8.47. The molecule has 8 nitrogen and oxygen atoms in total. The molecule has 1 atom stereocenters. The fraction of sp³-hybridized carbons (Fsp3) is 0.727. The lowest BCUT2D eigenvalue weighted by molar-refractivity contribution is -0.683. The maximum Gasteiger partial charge on any atom is 0.402 e. The molecular weight excluding hydrogens is 380 g/mol. The first kappa shape index (κ1) is 19.7. The lowest BCUT2D eigenvalue weighted by atomic mass is 10.1. The highest BCUT2D eigenvalue weighted by atomic mass is 16.2. The van der Waals surface area contributed by atoms with E-state index in [1.807, 2.05) is 0 Å². The Morgan fingerprint density at radius 3 is 2.40 bits per heavy atom. The number of rotatable bonds is 4. The number of likely N-dealkylation sites (N-methyl/N-ethyl adjacent to an activating group) is 1. The van der Waals surface area contributed by atoms with Gasteiger partial charge in [-0.1, -0.05) is 11.4 Å². The van der Waals surface area contributed by atoms with Crippen LogP contribution in [0.4, 0.5) is 10.7 Å². The molecule has 0 bridgehead atoms. The van der Waals surface area contributed by atoms with Gasteiger partial charge in [0, 0.05) is 20.1 Å². The van der Waals surface area contributed by atoms with Crippen LogP contribution in [0.3, 0.4) is 0 Å². The molecule has 162 valence electrons. The first-order chi connectivity index (χ1) is 14.5. The molecule has 3 amide bonds. The van der Waals surface area contributed by atoms with Crippen molar-refractivity contribution in [2.45, 2.75) is 70.9 Å². The van der Waals surface area contributed by atoms with Crippen molar-refractivity contribution in [2.24, 2.45) is 4.99 Å². The molecule has 1 aromatic rings. The number of amides is 3. The van der Waals surface area contributed by atoms with Crippen molar-refractivity contribution < 1.29 is 14.2 Å². The highest BCUT2D eigenvalue weighted by Crippen LogP contribution is 2.38. The molecule has 1 aromatic heterocycles. The van der Waals surface area contributed by atoms with Gasteiger partial charge in [0.15, 0.2) is 0 Å². The van der Waals surface area contributed by atoms with Crippen LogP contribution in [0, 0.1) is 13.8 Å². The molecule has 4 aliphatic rings. The third kappa shape index (κ3) is 2.91. The quantitative estimate of drug-likeness (QED) is 0.713. The zero-order chi connectivity index (χ0) is 21.0. The largest absolute Gasteiger partial charge is 0.402 e. The van der Waals surface area contributed by atoms with E-state index in [-0.39, 0.29) is 11.9 Å². The molecule has 0 spiro atoms. The Morgan fingerprint density at radius 1 is 1.00 bits per heavy atom. The zero-order valence-corrected chi connectivity index (χ0v) is 18.4. The monoisotopic (exact) mass is 413 g/mol. The molecule has 5 rings (SSSR count). The fourth-order valence-corrected chi connectivity index (χ4v) is 5.69. The van der Waals surface area contributed by atoms with Gasteiger partial charge in [0.25, 0.3) is 5.91 Å². The second kappa shape index (κ2) is 7.48. The number of aliphatic imine (C=N–C) groups is 1. The highest BCUT2D eigenvalue weighted by Gasteiger charge is 2.54. The number of fused-ring (bicyclic) bond motifs is 3. The predicted molar refractivity (Wildman–Crippen MR) is 113 cm³/mol. The normalized spacial score (nSPS) is 25.2. The molecule has 1 saturated carbocycles. The van der Waals surface area contributed by atoms with E-state index in [9.17, 15) is 9.59 Å². The Bertz CT molecular complexity index is 907. The van der Waals surface area contributed by atoms with Gasteiger partial charge in [-0.05, 0) is 65.5 Å². The first-order valence-electron chi connectivity index (χ1n) is 11.5. The van der Waals surface area contributed by atoms with Gasteiger partial charge in [-0.2, -0.15) is 0 Å². The number of imidazole rings is 1. The minimum Gasteiger partial charge on any atom is -0.302 e. The molecule has 1 unspecified atom stereocenters. The van der Waals surface area contributed by atoms with E-state index in [4.69, 9.17) is 4.99 Å². The standard InChI is InChI=1S/C22H33N6O2/c1-15-16(2)28-18-19(23-21(28)27(15)17-9-5-6-10-17)24(3)22(30)26(20(18)29)14-13-25-11-7-4-8-12-25/h17-18H,4-14H2,1-3H3/q+1. The summed E-state index contributed by atoms with van der Waals surface area (Å²) < 4.78 is 4.39. The van der Waals surface area contributed by atoms with Gasteiger partial charge in [-0.15, -0.1) is 0 Å². The summed E-state index contributed by atoms with van der Waals surface area (Å²) in [5, 5.41) is 0. The Kier molecular flexibility index (Phi) is 4.92. The van der Waals surface area contributed by atoms with Gasteiger partial charge in [-0.3, -0.25) is 14.6 Å². The van der Waals surface area contributed by atoms with Gasteiger partial charge in [0.1, 0.15) is 11.4 Å². The number of hydrogen-bond acceptors (Lipinski definition) is 4. The van der Waals surface area contributed by atoms with Crippen LogP contribution in [0.1, 0.15) is 68.4 Å². The summed E-state index contributed by atoms with van der Waals surface area (Å²) in [6.45, 7) is 7.52. The molecule has 0 N–H and O–H groups in total. The second-order valence-corrected chi connectivity index (χ2v) is 9.26. The first-order valence-corrected chi connectivity index (χ1v) is 11.5. The van der Waals surface area contributed by atoms with Crippen LogP contribution in [0.2, 0.25) is 0 Å². The average molecular weight is 414 g/mol. The molecule has 1 aliphatic carbocycles. The predicted octanol–water partition coefficient (Wildman–Crippen LogP) is 2.47. The second-order valence-electron chi connectivity index (χ2n) is 9.26. The van der Waals surface area contributed by atoms with Crippen LogP contribution < -0.4 is 4.57 Å². The van der Waals surface area contributed by atoms with E-state index in [1.54, 1.807) is 11.9 Å². The molecule has 30 heavy (non-hydrogen) atoms. The molecule has 0 radical (unpaired) electrons. The maximum absolute atomic E-state index is 13.5. The Hall–Kier alpha value is -2.22. The summed E-state index contributed by atoms with van der Waals surface area (Å²) in [4.78, 5) is 36.8. The van der Waals surface area contributed by atoms with Crippen molar-refractivity contribution in [3.63, 3.8) is 0 Å². The number of aromatic nitrogens is 2. The van der Waals surface area contributed by atoms with Crippen molar-refractivity contribution in [3.8, 4) is 0 Å². The van der Waals surface area contributed by atoms with E-state index in [0.717, 1.165) is 44.1 Å². The lowest BCUT2D eigenvalue weighted by Gasteiger charge is -2.35. The summed E-state index contributed by atoms with van der Waals surface area (Å²) in [5.41, 5.74) is 2.26. The number of carbonyl (C=O) groups excluding carboxylic acids is 2. The van der Waals surface area contributed by atoms with Crippen molar-refractivity contribution >= 4 is 23.7 Å². The van der Waals surface area contributed by atoms with Crippen LogP contribution >= 0.6 is 0 Å². The molecule has 2 saturated heterocycles. The Morgan fingerprint density at radius 2 is 1.70 bits per heavy atom. The third-order valence-electron chi connectivity index (χ3n) is 7.53. The van der Waals surface area contributed by atoms with Gasteiger partial charge < -0.3 is 4.90 Å². The van der Waals surface area contributed by atoms with Gasteiger partial charge >= 0.3 is 12.0 Å². The van der Waals surface area contributed by atoms with E-state index < -0.39 is 6.04 Å². The molecule has 8 heteroatoms. The van der Waals surface area contributed by atoms with E-state index in [2.05, 4.69) is 27.9 Å². The summed E-state index contributed by atoms with van der Waals surface area (Å²) in [5.74, 6) is 1.27. The van der Waals surface area contributed by atoms with Gasteiger partial charge in [-0.25, -0.2) is 13.9 Å². The Labute approximate surface area is 178 Å². The van der Waals surface area contributed by atoms with Crippen LogP contribution in [0.15, 0.2) is 4.99 Å². The number of urea groups is 1. The highest BCUT2D eigenvalue weighted by molar-refractivity contribution is 6.19. The lowest BCUT2D eigenvalue weighted by Crippen LogP contribution is -2.64. The number of amidine groups is 1. The minimum absolute atomic E-state index is 0.135. The third-order valence-corrected chi connectivity index (χ3v) is 7.53. The minimum atomic E-state index is -0.523.